The minimum Gasteiger partial charge on any atom is -0.478 e. The summed E-state index contributed by atoms with van der Waals surface area (Å²) in [4.78, 5) is 36.4. The lowest BCUT2D eigenvalue weighted by Crippen LogP contribution is -1.93. The Bertz CT molecular complexity index is 1710. The van der Waals surface area contributed by atoms with E-state index in [1.807, 2.05) is 48.6 Å². The van der Waals surface area contributed by atoms with E-state index in [9.17, 15) is 9.59 Å². The molecule has 3 aromatic heterocycles. The number of aromatic amines is 2. The van der Waals surface area contributed by atoms with Gasteiger partial charge in [0.15, 0.2) is 0 Å². The Hall–Kier alpha value is -6.02. The molecule has 0 fully saturated rings. The SMILES string of the molecule is C1=Cc2cc3ccc(cc4nc(cc5ccc(cc1n2)[nH]5)C=C4)[nH]3.O=C(O)c1ccccc1.O=C(O)c1ccccc1. The maximum atomic E-state index is 10.2. The van der Waals surface area contributed by atoms with Gasteiger partial charge in [-0.15, -0.1) is 0 Å². The van der Waals surface area contributed by atoms with Gasteiger partial charge >= 0.3 is 11.9 Å². The van der Waals surface area contributed by atoms with Gasteiger partial charge in [-0.2, -0.15) is 0 Å². The number of rotatable bonds is 2. The minimum absolute atomic E-state index is 0.331. The lowest BCUT2D eigenvalue weighted by Gasteiger charge is -1.88. The van der Waals surface area contributed by atoms with Gasteiger partial charge in [0, 0.05) is 22.1 Å². The molecule has 8 bridgehead atoms. The van der Waals surface area contributed by atoms with Gasteiger partial charge in [-0.05, 0) is 97.1 Å². The van der Waals surface area contributed by atoms with E-state index in [0.29, 0.717) is 11.1 Å². The van der Waals surface area contributed by atoms with Crippen molar-refractivity contribution in [3.63, 3.8) is 0 Å². The van der Waals surface area contributed by atoms with Gasteiger partial charge in [0.25, 0.3) is 0 Å². The van der Waals surface area contributed by atoms with Crippen molar-refractivity contribution in [1.82, 2.24) is 19.9 Å². The van der Waals surface area contributed by atoms with Crippen LogP contribution in [0.4, 0.5) is 0 Å². The van der Waals surface area contributed by atoms with Crippen molar-refractivity contribution in [3.05, 3.63) is 143 Å². The van der Waals surface area contributed by atoms with E-state index in [1.165, 1.54) is 0 Å². The highest BCUT2D eigenvalue weighted by Crippen LogP contribution is 2.17. The fourth-order valence-electron chi connectivity index (χ4n) is 4.10. The average Bonchev–Trinajstić information content (AvgIpc) is 3.81. The summed E-state index contributed by atoms with van der Waals surface area (Å²) >= 11 is 0. The highest BCUT2D eigenvalue weighted by Gasteiger charge is 2.01. The third-order valence-corrected chi connectivity index (χ3v) is 6.08. The summed E-state index contributed by atoms with van der Waals surface area (Å²) in [5.74, 6) is -1.76. The molecule has 42 heavy (non-hydrogen) atoms. The molecular weight excluding hydrogens is 528 g/mol. The molecule has 8 heteroatoms. The van der Waals surface area contributed by atoms with Crippen molar-refractivity contribution in [1.29, 1.82) is 0 Å². The number of aromatic nitrogens is 4. The van der Waals surface area contributed by atoms with Crippen LogP contribution in [0.25, 0.3) is 46.4 Å². The van der Waals surface area contributed by atoms with E-state index >= 15 is 0 Å². The molecule has 0 radical (unpaired) electrons. The number of carbonyl (C=O) groups is 2. The number of carboxylic acid groups (broad SMARTS) is 2. The molecular formula is C34H26N4O4. The minimum atomic E-state index is -0.879. The summed E-state index contributed by atoms with van der Waals surface area (Å²) < 4.78 is 0. The fraction of sp³-hybridized carbons (Fsp3) is 0. The van der Waals surface area contributed by atoms with E-state index in [0.717, 1.165) is 44.8 Å². The van der Waals surface area contributed by atoms with E-state index in [2.05, 4.69) is 44.2 Å². The van der Waals surface area contributed by atoms with Crippen LogP contribution in [-0.2, 0) is 0 Å². The second-order valence-electron chi connectivity index (χ2n) is 9.25. The van der Waals surface area contributed by atoms with Crippen LogP contribution in [0.2, 0.25) is 0 Å². The first-order valence-corrected chi connectivity index (χ1v) is 13.0. The van der Waals surface area contributed by atoms with Crippen LogP contribution in [0.15, 0.2) is 109 Å². The Morgan fingerprint density at radius 2 is 0.738 bits per heavy atom. The van der Waals surface area contributed by atoms with Crippen molar-refractivity contribution in [3.8, 4) is 0 Å². The van der Waals surface area contributed by atoms with E-state index in [-0.39, 0.29) is 0 Å². The second kappa shape index (κ2) is 12.9. The monoisotopic (exact) mass is 554 g/mol. The summed E-state index contributed by atoms with van der Waals surface area (Å²) in [7, 11) is 0. The number of aromatic carboxylic acids is 2. The molecule has 5 heterocycles. The lowest BCUT2D eigenvalue weighted by atomic mass is 10.2. The van der Waals surface area contributed by atoms with Crippen LogP contribution in [-0.4, -0.2) is 42.1 Å². The van der Waals surface area contributed by atoms with Crippen LogP contribution in [0.5, 0.6) is 0 Å². The Morgan fingerprint density at radius 3 is 0.976 bits per heavy atom. The number of hydrogen-bond donors (Lipinski definition) is 4. The first-order valence-electron chi connectivity index (χ1n) is 13.0. The first-order chi connectivity index (χ1) is 20.4. The van der Waals surface area contributed by atoms with Crippen molar-refractivity contribution in [2.24, 2.45) is 0 Å². The summed E-state index contributed by atoms with van der Waals surface area (Å²) in [6.45, 7) is 0. The topological polar surface area (TPSA) is 132 Å². The molecule has 8 nitrogen and oxygen atoms in total. The van der Waals surface area contributed by atoms with Gasteiger partial charge < -0.3 is 20.2 Å². The zero-order chi connectivity index (χ0) is 29.3. The molecule has 206 valence electrons. The molecule has 0 saturated heterocycles. The predicted molar refractivity (Wildman–Crippen MR) is 166 cm³/mol. The molecule has 2 aromatic carbocycles. The smallest absolute Gasteiger partial charge is 0.335 e. The quantitative estimate of drug-likeness (QED) is 0.176. The lowest BCUT2D eigenvalue weighted by molar-refractivity contribution is 0.0686. The molecule has 0 saturated carbocycles. The molecule has 5 aromatic rings. The van der Waals surface area contributed by atoms with Crippen LogP contribution in [0.3, 0.4) is 0 Å². The molecule has 2 aliphatic heterocycles. The summed E-state index contributed by atoms with van der Waals surface area (Å²) in [6.07, 6.45) is 8.09. The second-order valence-corrected chi connectivity index (χ2v) is 9.25. The average molecular weight is 555 g/mol. The van der Waals surface area contributed by atoms with Crippen molar-refractivity contribution in [2.75, 3.05) is 0 Å². The maximum Gasteiger partial charge on any atom is 0.335 e. The Morgan fingerprint density at radius 1 is 0.452 bits per heavy atom. The summed E-state index contributed by atoms with van der Waals surface area (Å²) in [5, 5.41) is 16.8. The Labute approximate surface area is 241 Å². The number of carboxylic acids is 2. The third-order valence-electron chi connectivity index (χ3n) is 6.08. The number of hydrogen-bond acceptors (Lipinski definition) is 4. The van der Waals surface area contributed by atoms with Crippen LogP contribution >= 0.6 is 0 Å². The van der Waals surface area contributed by atoms with Gasteiger partial charge in [-0.1, -0.05) is 36.4 Å². The number of benzene rings is 2. The zero-order valence-corrected chi connectivity index (χ0v) is 22.3. The van der Waals surface area contributed by atoms with Gasteiger partial charge in [0.2, 0.25) is 0 Å². The number of nitrogens with zero attached hydrogens (tertiary/aromatic N) is 2. The van der Waals surface area contributed by atoms with E-state index < -0.39 is 11.9 Å². The molecule has 0 spiro atoms. The zero-order valence-electron chi connectivity index (χ0n) is 22.3. The van der Waals surface area contributed by atoms with Crippen molar-refractivity contribution >= 4 is 58.3 Å². The Kier molecular flexibility index (Phi) is 8.45. The highest BCUT2D eigenvalue weighted by molar-refractivity contribution is 5.87. The summed E-state index contributed by atoms with van der Waals surface area (Å²) in [6, 6.07) is 33.0. The van der Waals surface area contributed by atoms with Gasteiger partial charge in [0.05, 0.1) is 33.9 Å². The molecule has 0 amide bonds. The third kappa shape index (κ3) is 7.55. The highest BCUT2D eigenvalue weighted by atomic mass is 16.4. The largest absolute Gasteiger partial charge is 0.478 e. The number of fused-ring (bicyclic) bond motifs is 8. The van der Waals surface area contributed by atoms with Crippen LogP contribution in [0, 0.1) is 0 Å². The van der Waals surface area contributed by atoms with Crippen LogP contribution < -0.4 is 0 Å². The standard InChI is InChI=1S/C20H14N4.2C7H6O2/c1-2-14-10-16-5-6-18(23-16)12-20-8-7-19(24-20)11-17-4-3-15(22-17)9-13(1)21-14;2*8-7(9)6-4-2-1-3-5-6/h1-12,21,24H;2*1-5H,(H,8,9). The molecule has 0 atom stereocenters. The first kappa shape index (κ1) is 27.5. The van der Waals surface area contributed by atoms with Gasteiger partial charge in [-0.3, -0.25) is 0 Å². The fourth-order valence-corrected chi connectivity index (χ4v) is 4.10. The normalized spacial score (nSPS) is 11.0. The maximum absolute atomic E-state index is 10.2. The van der Waals surface area contributed by atoms with E-state index in [4.69, 9.17) is 10.2 Å². The summed E-state index contributed by atoms with van der Waals surface area (Å²) in [5.41, 5.74) is 8.52. The molecule has 0 unspecified atom stereocenters. The van der Waals surface area contributed by atoms with Gasteiger partial charge in [0.1, 0.15) is 0 Å². The number of H-pyrrole nitrogens is 2. The van der Waals surface area contributed by atoms with Crippen molar-refractivity contribution < 1.29 is 19.8 Å². The molecule has 2 aliphatic rings. The Balaban J connectivity index is 0.000000161. The van der Waals surface area contributed by atoms with Crippen molar-refractivity contribution in [2.45, 2.75) is 0 Å². The molecule has 4 N–H and O–H groups in total. The molecule has 0 aliphatic carbocycles. The molecule has 7 rings (SSSR count). The van der Waals surface area contributed by atoms with Gasteiger partial charge in [-0.25, -0.2) is 19.6 Å². The predicted octanol–water partition coefficient (Wildman–Crippen LogP) is 7.43. The van der Waals surface area contributed by atoms with Crippen LogP contribution in [0.1, 0.15) is 43.5 Å². The number of nitrogens with one attached hydrogen (secondary N) is 2. The van der Waals surface area contributed by atoms with E-state index in [1.54, 1.807) is 60.7 Å².